The molecule has 3 rings (SSSR count). The lowest BCUT2D eigenvalue weighted by Crippen LogP contribution is -2.27. The fraction of sp³-hybridized carbons (Fsp3) is 0.208. The molecule has 0 aliphatic heterocycles. The second-order valence-electron chi connectivity index (χ2n) is 6.76. The predicted molar refractivity (Wildman–Crippen MR) is 115 cm³/mol. The molecular formula is C24H25N3O3. The summed E-state index contributed by atoms with van der Waals surface area (Å²) < 4.78 is 5.71. The van der Waals surface area contributed by atoms with Gasteiger partial charge in [0.25, 0.3) is 5.91 Å². The fourth-order valence-corrected chi connectivity index (χ4v) is 2.78. The van der Waals surface area contributed by atoms with Crippen LogP contribution >= 0.6 is 0 Å². The number of carbonyl (C=O) groups is 2. The Balaban J connectivity index is 1.31. The minimum Gasteiger partial charge on any atom is -0.487 e. The molecule has 30 heavy (non-hydrogen) atoms. The number of pyridine rings is 1. The van der Waals surface area contributed by atoms with Crippen LogP contribution in [-0.2, 0) is 17.9 Å². The Hall–Kier alpha value is -3.67. The molecule has 0 spiro atoms. The number of carbonyl (C=O) groups excluding carboxylic acids is 2. The number of amides is 2. The normalized spacial score (nSPS) is 10.3. The largest absolute Gasteiger partial charge is 0.487 e. The van der Waals surface area contributed by atoms with Gasteiger partial charge in [-0.2, -0.15) is 0 Å². The zero-order valence-corrected chi connectivity index (χ0v) is 16.7. The second kappa shape index (κ2) is 11.4. The molecule has 0 saturated heterocycles. The minimum absolute atomic E-state index is 0.0422. The average Bonchev–Trinajstić information content (AvgIpc) is 2.81. The van der Waals surface area contributed by atoms with E-state index < -0.39 is 0 Å². The van der Waals surface area contributed by atoms with Crippen molar-refractivity contribution in [3.63, 3.8) is 0 Å². The molecule has 0 unspecified atom stereocenters. The Morgan fingerprint density at radius 2 is 1.63 bits per heavy atom. The van der Waals surface area contributed by atoms with Crippen molar-refractivity contribution in [3.05, 3.63) is 95.8 Å². The van der Waals surface area contributed by atoms with Gasteiger partial charge in [0.05, 0.1) is 5.69 Å². The van der Waals surface area contributed by atoms with Crippen LogP contribution in [0.1, 0.15) is 34.5 Å². The van der Waals surface area contributed by atoms with Crippen molar-refractivity contribution in [2.75, 3.05) is 6.54 Å². The molecule has 0 aliphatic carbocycles. The van der Waals surface area contributed by atoms with Gasteiger partial charge in [0.15, 0.2) is 0 Å². The summed E-state index contributed by atoms with van der Waals surface area (Å²) in [6, 6.07) is 22.3. The summed E-state index contributed by atoms with van der Waals surface area (Å²) in [5.41, 5.74) is 2.48. The highest BCUT2D eigenvalue weighted by Gasteiger charge is 2.05. The Morgan fingerprint density at radius 1 is 0.867 bits per heavy atom. The number of ether oxygens (including phenoxy) is 1. The number of benzene rings is 2. The van der Waals surface area contributed by atoms with Crippen LogP contribution in [0, 0.1) is 0 Å². The summed E-state index contributed by atoms with van der Waals surface area (Å²) in [5.74, 6) is 0.589. The van der Waals surface area contributed by atoms with Gasteiger partial charge in [-0.25, -0.2) is 0 Å². The molecule has 0 atom stereocenters. The lowest BCUT2D eigenvalue weighted by Gasteiger charge is -2.08. The van der Waals surface area contributed by atoms with Gasteiger partial charge in [0.1, 0.15) is 12.4 Å². The molecular weight excluding hydrogens is 378 g/mol. The van der Waals surface area contributed by atoms with Crippen molar-refractivity contribution in [2.45, 2.75) is 26.0 Å². The van der Waals surface area contributed by atoms with E-state index in [4.69, 9.17) is 4.74 Å². The van der Waals surface area contributed by atoms with Crippen molar-refractivity contribution in [3.8, 4) is 5.75 Å². The van der Waals surface area contributed by atoms with Crippen molar-refractivity contribution < 1.29 is 14.3 Å². The topological polar surface area (TPSA) is 80.3 Å². The van der Waals surface area contributed by atoms with Gasteiger partial charge >= 0.3 is 0 Å². The Kier molecular flexibility index (Phi) is 7.97. The van der Waals surface area contributed by atoms with E-state index in [1.165, 1.54) is 0 Å². The van der Waals surface area contributed by atoms with Gasteiger partial charge in [-0.3, -0.25) is 14.6 Å². The number of aromatic nitrogens is 1. The van der Waals surface area contributed by atoms with Crippen LogP contribution in [-0.4, -0.2) is 23.3 Å². The van der Waals surface area contributed by atoms with Gasteiger partial charge in [-0.1, -0.05) is 36.4 Å². The molecule has 6 nitrogen and oxygen atoms in total. The molecule has 2 aromatic carbocycles. The maximum Gasteiger partial charge on any atom is 0.251 e. The van der Waals surface area contributed by atoms with Gasteiger partial charge in [0, 0.05) is 31.3 Å². The molecule has 6 heteroatoms. The smallest absolute Gasteiger partial charge is 0.251 e. The van der Waals surface area contributed by atoms with Crippen LogP contribution in [0.5, 0.6) is 5.75 Å². The van der Waals surface area contributed by atoms with E-state index in [2.05, 4.69) is 15.6 Å². The molecule has 2 amide bonds. The summed E-state index contributed by atoms with van der Waals surface area (Å²) in [5, 5.41) is 5.71. The van der Waals surface area contributed by atoms with Crippen molar-refractivity contribution in [1.29, 1.82) is 0 Å². The Morgan fingerprint density at radius 3 is 2.37 bits per heavy atom. The highest BCUT2D eigenvalue weighted by Crippen LogP contribution is 2.13. The summed E-state index contributed by atoms with van der Waals surface area (Å²) in [6.45, 7) is 1.33. The minimum atomic E-state index is -0.124. The Labute approximate surface area is 176 Å². The number of hydrogen-bond donors (Lipinski definition) is 2. The van der Waals surface area contributed by atoms with Crippen molar-refractivity contribution in [1.82, 2.24) is 15.6 Å². The van der Waals surface area contributed by atoms with E-state index in [0.29, 0.717) is 38.1 Å². The third-order valence-electron chi connectivity index (χ3n) is 4.43. The van der Waals surface area contributed by atoms with Crippen molar-refractivity contribution >= 4 is 11.8 Å². The number of nitrogens with zero attached hydrogens (tertiary/aromatic N) is 1. The first kappa shape index (κ1) is 21.0. The summed E-state index contributed by atoms with van der Waals surface area (Å²) in [7, 11) is 0. The van der Waals surface area contributed by atoms with Gasteiger partial charge in [0.2, 0.25) is 5.91 Å². The fourth-order valence-electron chi connectivity index (χ4n) is 2.78. The highest BCUT2D eigenvalue weighted by atomic mass is 16.5. The first-order valence-electron chi connectivity index (χ1n) is 9.92. The lowest BCUT2D eigenvalue weighted by molar-refractivity contribution is -0.121. The molecule has 0 saturated carbocycles. The SMILES string of the molecule is O=C(CCCNC(=O)c1ccccc1)NCc1ccc(OCc2ccccn2)cc1. The van der Waals surface area contributed by atoms with Gasteiger partial charge in [-0.05, 0) is 48.4 Å². The van der Waals surface area contributed by atoms with Crippen LogP contribution in [0.15, 0.2) is 79.0 Å². The summed E-state index contributed by atoms with van der Waals surface area (Å²) in [6.07, 6.45) is 2.69. The molecule has 0 bridgehead atoms. The third kappa shape index (κ3) is 7.05. The standard InChI is InChI=1S/C24H25N3O3/c28-23(10-6-16-26-24(29)20-7-2-1-3-8-20)27-17-19-11-13-22(14-12-19)30-18-21-9-4-5-15-25-21/h1-5,7-9,11-15H,6,10,16-18H2,(H,26,29)(H,27,28). The van der Waals surface area contributed by atoms with Crippen LogP contribution in [0.4, 0.5) is 0 Å². The van der Waals surface area contributed by atoms with Crippen molar-refractivity contribution in [2.24, 2.45) is 0 Å². The summed E-state index contributed by atoms with van der Waals surface area (Å²) >= 11 is 0. The van der Waals surface area contributed by atoms with Crippen LogP contribution < -0.4 is 15.4 Å². The van der Waals surface area contributed by atoms with E-state index in [1.54, 1.807) is 18.3 Å². The van der Waals surface area contributed by atoms with E-state index in [-0.39, 0.29) is 11.8 Å². The number of rotatable bonds is 10. The molecule has 0 aliphatic rings. The van der Waals surface area contributed by atoms with E-state index in [9.17, 15) is 9.59 Å². The number of hydrogen-bond acceptors (Lipinski definition) is 4. The molecule has 154 valence electrons. The maximum absolute atomic E-state index is 12.0. The van der Waals surface area contributed by atoms with Crippen LogP contribution in [0.3, 0.4) is 0 Å². The van der Waals surface area contributed by atoms with Crippen LogP contribution in [0.25, 0.3) is 0 Å². The van der Waals surface area contributed by atoms with E-state index in [1.807, 2.05) is 60.7 Å². The molecule has 0 fully saturated rings. The van der Waals surface area contributed by atoms with Gasteiger partial charge in [-0.15, -0.1) is 0 Å². The van der Waals surface area contributed by atoms with Crippen LogP contribution in [0.2, 0.25) is 0 Å². The first-order valence-corrected chi connectivity index (χ1v) is 9.92. The monoisotopic (exact) mass is 403 g/mol. The third-order valence-corrected chi connectivity index (χ3v) is 4.43. The summed E-state index contributed by atoms with van der Waals surface area (Å²) in [4.78, 5) is 28.2. The molecule has 2 N–H and O–H groups in total. The number of nitrogens with one attached hydrogen (secondary N) is 2. The quantitative estimate of drug-likeness (QED) is 0.508. The first-order chi connectivity index (χ1) is 14.7. The molecule has 1 heterocycles. The Bertz CT molecular complexity index is 929. The molecule has 1 aromatic heterocycles. The lowest BCUT2D eigenvalue weighted by atomic mass is 10.2. The highest BCUT2D eigenvalue weighted by molar-refractivity contribution is 5.94. The molecule has 3 aromatic rings. The maximum atomic E-state index is 12.0. The zero-order valence-electron chi connectivity index (χ0n) is 16.7. The molecule has 0 radical (unpaired) electrons. The van der Waals surface area contributed by atoms with Gasteiger partial charge < -0.3 is 15.4 Å². The van der Waals surface area contributed by atoms with E-state index in [0.717, 1.165) is 17.0 Å². The zero-order chi connectivity index (χ0) is 21.0. The second-order valence-corrected chi connectivity index (χ2v) is 6.76. The predicted octanol–water partition coefficient (Wildman–Crippen LogP) is 3.49. The van der Waals surface area contributed by atoms with E-state index >= 15 is 0 Å². The average molecular weight is 403 g/mol.